The molecule has 27 heavy (non-hydrogen) atoms. The van der Waals surface area contributed by atoms with E-state index in [1.54, 1.807) is 29.2 Å². The number of nitrogens with one attached hydrogen (secondary N) is 1. The van der Waals surface area contributed by atoms with Gasteiger partial charge in [-0.25, -0.2) is 0 Å². The van der Waals surface area contributed by atoms with Gasteiger partial charge in [0, 0.05) is 43.6 Å². The van der Waals surface area contributed by atoms with Crippen LogP contribution < -0.4 is 10.1 Å². The molecule has 0 radical (unpaired) electrons. The normalized spacial score (nSPS) is 14.7. The van der Waals surface area contributed by atoms with Crippen LogP contribution in [0.1, 0.15) is 20.7 Å². The van der Waals surface area contributed by atoms with Gasteiger partial charge in [-0.1, -0.05) is 11.6 Å². The van der Waals surface area contributed by atoms with Gasteiger partial charge < -0.3 is 19.9 Å². The topological polar surface area (TPSA) is 74.8 Å². The molecule has 0 atom stereocenters. The number of amides is 2. The Kier molecular flexibility index (Phi) is 5.93. The van der Waals surface area contributed by atoms with E-state index >= 15 is 0 Å². The van der Waals surface area contributed by atoms with Crippen molar-refractivity contribution >= 4 is 29.1 Å². The van der Waals surface area contributed by atoms with Crippen molar-refractivity contribution < 1.29 is 14.3 Å². The number of ether oxygens (including phenoxy) is 1. The maximum absolute atomic E-state index is 12.7. The molecule has 7 nitrogen and oxygen atoms in total. The Morgan fingerprint density at radius 3 is 2.52 bits per heavy atom. The second-order valence-corrected chi connectivity index (χ2v) is 6.79. The van der Waals surface area contributed by atoms with E-state index in [0.29, 0.717) is 35.1 Å². The minimum atomic E-state index is -0.393. The summed E-state index contributed by atoms with van der Waals surface area (Å²) in [5, 5.41) is 3.23. The maximum Gasteiger partial charge on any atom is 0.257 e. The molecule has 1 aromatic heterocycles. The summed E-state index contributed by atoms with van der Waals surface area (Å²) < 4.78 is 5.23. The summed E-state index contributed by atoms with van der Waals surface area (Å²) in [6.07, 6.45) is 2.91. The Bertz CT molecular complexity index is 851. The van der Waals surface area contributed by atoms with E-state index in [2.05, 4.69) is 15.2 Å². The van der Waals surface area contributed by atoms with Crippen LogP contribution >= 0.6 is 11.6 Å². The van der Waals surface area contributed by atoms with Crippen molar-refractivity contribution in [1.82, 2.24) is 14.8 Å². The zero-order valence-corrected chi connectivity index (χ0v) is 16.0. The molecule has 1 aliphatic rings. The number of rotatable bonds is 4. The first kappa shape index (κ1) is 19.1. The van der Waals surface area contributed by atoms with Crippen LogP contribution in [0.2, 0.25) is 5.02 Å². The first-order valence-electron chi connectivity index (χ1n) is 8.55. The second-order valence-electron chi connectivity index (χ2n) is 6.36. The number of carbonyl (C=O) groups excluding carboxylic acids is 2. The van der Waals surface area contributed by atoms with Crippen LogP contribution in [0.15, 0.2) is 36.7 Å². The van der Waals surface area contributed by atoms with Crippen molar-refractivity contribution in [2.24, 2.45) is 0 Å². The summed E-state index contributed by atoms with van der Waals surface area (Å²) in [6, 6.07) is 6.50. The summed E-state index contributed by atoms with van der Waals surface area (Å²) in [5.74, 6) is -0.0212. The average molecular weight is 389 g/mol. The monoisotopic (exact) mass is 388 g/mol. The fraction of sp³-hybridized carbons (Fsp3) is 0.316. The van der Waals surface area contributed by atoms with Crippen molar-refractivity contribution in [3.05, 3.63) is 52.8 Å². The Balaban J connectivity index is 1.76. The molecule has 1 aliphatic heterocycles. The molecule has 0 saturated carbocycles. The maximum atomic E-state index is 12.7. The van der Waals surface area contributed by atoms with Gasteiger partial charge in [-0.15, -0.1) is 0 Å². The number of pyridine rings is 1. The molecule has 2 aromatic rings. The van der Waals surface area contributed by atoms with Gasteiger partial charge in [0.1, 0.15) is 5.75 Å². The number of hydrogen-bond donors (Lipinski definition) is 1. The molecule has 0 bridgehead atoms. The van der Waals surface area contributed by atoms with E-state index in [0.717, 1.165) is 13.1 Å². The molecule has 8 heteroatoms. The summed E-state index contributed by atoms with van der Waals surface area (Å²) >= 11 is 5.99. The van der Waals surface area contributed by atoms with Crippen LogP contribution in [0.4, 0.5) is 5.69 Å². The molecule has 1 fully saturated rings. The number of halogens is 1. The molecule has 1 saturated heterocycles. The third-order valence-electron chi connectivity index (χ3n) is 4.45. The number of likely N-dealkylation sites (N-methyl/N-ethyl adjacent to an activating group) is 1. The van der Waals surface area contributed by atoms with E-state index in [1.807, 2.05) is 7.05 Å². The quantitative estimate of drug-likeness (QED) is 0.870. The molecule has 2 amide bonds. The van der Waals surface area contributed by atoms with Crippen molar-refractivity contribution in [2.75, 3.05) is 45.7 Å². The Morgan fingerprint density at radius 2 is 1.81 bits per heavy atom. The molecule has 0 spiro atoms. The number of hydrogen-bond acceptors (Lipinski definition) is 5. The number of benzene rings is 1. The third-order valence-corrected chi connectivity index (χ3v) is 4.68. The lowest BCUT2D eigenvalue weighted by Gasteiger charge is -2.32. The first-order chi connectivity index (χ1) is 13.0. The van der Waals surface area contributed by atoms with Crippen LogP contribution in [0.25, 0.3) is 0 Å². The van der Waals surface area contributed by atoms with Crippen LogP contribution in [-0.4, -0.2) is 66.9 Å². The largest absolute Gasteiger partial charge is 0.495 e. The van der Waals surface area contributed by atoms with Gasteiger partial charge in [-0.3, -0.25) is 14.6 Å². The second kappa shape index (κ2) is 8.37. The lowest BCUT2D eigenvalue weighted by atomic mass is 10.1. The molecule has 1 aromatic carbocycles. The molecular formula is C19H21ClN4O3. The molecule has 0 unspecified atom stereocenters. The summed E-state index contributed by atoms with van der Waals surface area (Å²) in [6.45, 7) is 2.97. The standard InChI is InChI=1S/C19H21ClN4O3/c1-23-5-7-24(8-6-23)19(26)14-9-13(11-21-12-14)18(25)22-16-10-15(20)3-4-17(16)27-2/h3-4,9-12H,5-8H2,1-2H3,(H,22,25). The van der Waals surface area contributed by atoms with Crippen molar-refractivity contribution in [3.8, 4) is 5.75 Å². The molecule has 3 rings (SSSR count). The predicted molar refractivity (Wildman–Crippen MR) is 104 cm³/mol. The molecular weight excluding hydrogens is 368 g/mol. The number of aromatic nitrogens is 1. The zero-order valence-electron chi connectivity index (χ0n) is 15.2. The van der Waals surface area contributed by atoms with Crippen LogP contribution in [0.3, 0.4) is 0 Å². The van der Waals surface area contributed by atoms with Gasteiger partial charge in [-0.05, 0) is 31.3 Å². The van der Waals surface area contributed by atoms with Gasteiger partial charge in [-0.2, -0.15) is 0 Å². The van der Waals surface area contributed by atoms with E-state index in [4.69, 9.17) is 16.3 Å². The van der Waals surface area contributed by atoms with Gasteiger partial charge in [0.25, 0.3) is 11.8 Å². The fourth-order valence-corrected chi connectivity index (χ4v) is 3.02. The molecule has 1 N–H and O–H groups in total. The Labute approximate surface area is 162 Å². The van der Waals surface area contributed by atoms with Crippen LogP contribution in [0.5, 0.6) is 5.75 Å². The molecule has 2 heterocycles. The van der Waals surface area contributed by atoms with E-state index in [-0.39, 0.29) is 11.5 Å². The lowest BCUT2D eigenvalue weighted by Crippen LogP contribution is -2.47. The highest BCUT2D eigenvalue weighted by Gasteiger charge is 2.21. The zero-order chi connectivity index (χ0) is 19.4. The first-order valence-corrected chi connectivity index (χ1v) is 8.93. The van der Waals surface area contributed by atoms with Gasteiger partial charge >= 0.3 is 0 Å². The van der Waals surface area contributed by atoms with Gasteiger partial charge in [0.15, 0.2) is 0 Å². The molecule has 142 valence electrons. The van der Waals surface area contributed by atoms with Crippen molar-refractivity contribution in [1.29, 1.82) is 0 Å². The number of methoxy groups -OCH3 is 1. The summed E-state index contributed by atoms with van der Waals surface area (Å²) in [7, 11) is 3.54. The number of carbonyl (C=O) groups is 2. The minimum Gasteiger partial charge on any atom is -0.495 e. The number of nitrogens with zero attached hydrogens (tertiary/aromatic N) is 3. The van der Waals surface area contributed by atoms with E-state index in [9.17, 15) is 9.59 Å². The van der Waals surface area contributed by atoms with Crippen LogP contribution in [-0.2, 0) is 0 Å². The van der Waals surface area contributed by atoms with Crippen molar-refractivity contribution in [2.45, 2.75) is 0 Å². The third kappa shape index (κ3) is 4.56. The van der Waals surface area contributed by atoms with E-state index < -0.39 is 5.91 Å². The number of piperazine rings is 1. The van der Waals surface area contributed by atoms with Gasteiger partial charge in [0.05, 0.1) is 23.9 Å². The Morgan fingerprint density at radius 1 is 1.11 bits per heavy atom. The fourth-order valence-electron chi connectivity index (χ4n) is 2.85. The summed E-state index contributed by atoms with van der Waals surface area (Å²) in [5.41, 5.74) is 1.13. The highest BCUT2D eigenvalue weighted by atomic mass is 35.5. The highest BCUT2D eigenvalue weighted by molar-refractivity contribution is 6.31. The highest BCUT2D eigenvalue weighted by Crippen LogP contribution is 2.28. The SMILES string of the molecule is COc1ccc(Cl)cc1NC(=O)c1cncc(C(=O)N2CCN(C)CC2)c1. The lowest BCUT2D eigenvalue weighted by molar-refractivity contribution is 0.0663. The van der Waals surface area contributed by atoms with E-state index in [1.165, 1.54) is 19.5 Å². The number of anilines is 1. The Hall–Kier alpha value is -2.64. The van der Waals surface area contributed by atoms with Crippen molar-refractivity contribution in [3.63, 3.8) is 0 Å². The average Bonchev–Trinajstić information content (AvgIpc) is 2.68. The molecule has 0 aliphatic carbocycles. The summed E-state index contributed by atoms with van der Waals surface area (Å²) in [4.78, 5) is 33.3. The smallest absolute Gasteiger partial charge is 0.257 e. The van der Waals surface area contributed by atoms with Crippen LogP contribution in [0, 0.1) is 0 Å². The minimum absolute atomic E-state index is 0.120. The predicted octanol–water partition coefficient (Wildman–Crippen LogP) is 2.38. The van der Waals surface area contributed by atoms with Gasteiger partial charge in [0.2, 0.25) is 0 Å².